The van der Waals surface area contributed by atoms with Crippen LogP contribution in [0.1, 0.15) is 6.92 Å². The molecule has 31 heavy (non-hydrogen) atoms. The SMILES string of the molecule is C[C@@]1(n2cc(O)c(N)nc2=O)O[C@H](COP(=O)(O)OP(=O)(O)OP(=O)(O)O)[C@@H](O)[C@H]1O. The van der Waals surface area contributed by atoms with Gasteiger partial charge in [0, 0.05) is 0 Å². The highest BCUT2D eigenvalue weighted by atomic mass is 31.3. The lowest BCUT2D eigenvalue weighted by molar-refractivity contribution is -0.136. The molecule has 0 spiro atoms. The summed E-state index contributed by atoms with van der Waals surface area (Å²) >= 11 is 0. The second-order valence-electron chi connectivity index (χ2n) is 6.20. The number of hydrogen-bond acceptors (Lipinski definition) is 13. The van der Waals surface area contributed by atoms with E-state index in [9.17, 15) is 38.7 Å². The van der Waals surface area contributed by atoms with Crippen LogP contribution in [-0.2, 0) is 37.3 Å². The van der Waals surface area contributed by atoms with E-state index in [1.807, 2.05) is 0 Å². The first-order valence-electron chi connectivity index (χ1n) is 7.78. The average molecular weight is 513 g/mol. The molecule has 0 bridgehead atoms. The number of ether oxygens (including phenoxy) is 1. The standard InChI is InChI=1S/C10H18N3O15P3/c1-10(13-2-4(14)8(11)12-9(13)17)7(16)6(15)5(26-10)3-25-30(21,22)28-31(23,24)27-29(18,19)20/h2,5-7,14-16H,3H2,1H3,(H,21,22)(H,23,24)(H2,11,12,17)(H2,18,19,20)/t5-,6-,7-,10-/m1/s1. The highest BCUT2D eigenvalue weighted by Crippen LogP contribution is 2.66. The van der Waals surface area contributed by atoms with E-state index in [2.05, 4.69) is 18.1 Å². The summed E-state index contributed by atoms with van der Waals surface area (Å²) in [5, 5.41) is 30.1. The molecule has 21 heteroatoms. The van der Waals surface area contributed by atoms with E-state index in [4.69, 9.17) is 25.2 Å². The molecule has 2 unspecified atom stereocenters. The lowest BCUT2D eigenvalue weighted by Crippen LogP contribution is -2.48. The van der Waals surface area contributed by atoms with Crippen molar-refractivity contribution in [3.8, 4) is 5.75 Å². The number of aliphatic hydroxyl groups excluding tert-OH is 2. The molecule has 1 aromatic rings. The number of hydrogen-bond donors (Lipinski definition) is 8. The Labute approximate surface area is 171 Å². The van der Waals surface area contributed by atoms with Crippen molar-refractivity contribution < 1.29 is 66.5 Å². The molecule has 178 valence electrons. The molecule has 0 aliphatic carbocycles. The molecular weight excluding hydrogens is 495 g/mol. The highest BCUT2D eigenvalue weighted by Gasteiger charge is 2.54. The van der Waals surface area contributed by atoms with Gasteiger partial charge in [-0.25, -0.2) is 18.5 Å². The Morgan fingerprint density at radius 1 is 1.19 bits per heavy atom. The van der Waals surface area contributed by atoms with Crippen molar-refractivity contribution in [2.45, 2.75) is 31.0 Å². The number of rotatable bonds is 8. The number of aromatic hydroxyl groups is 1. The minimum absolute atomic E-state index is 0.526. The van der Waals surface area contributed by atoms with Crippen LogP contribution in [0, 0.1) is 0 Å². The molecule has 9 N–H and O–H groups in total. The van der Waals surface area contributed by atoms with Crippen LogP contribution in [0.5, 0.6) is 5.75 Å². The van der Waals surface area contributed by atoms with Crippen LogP contribution in [0.15, 0.2) is 11.0 Å². The maximum Gasteiger partial charge on any atom is 0.490 e. The van der Waals surface area contributed by atoms with Gasteiger partial charge in [0.1, 0.15) is 18.3 Å². The second-order valence-corrected chi connectivity index (χ2v) is 10.6. The van der Waals surface area contributed by atoms with E-state index in [0.29, 0.717) is 4.57 Å². The summed E-state index contributed by atoms with van der Waals surface area (Å²) in [5.41, 5.74) is 2.10. The molecule has 2 rings (SSSR count). The molecule has 0 aromatic carbocycles. The van der Waals surface area contributed by atoms with E-state index < -0.39 is 71.4 Å². The number of phosphoric acid groups is 3. The van der Waals surface area contributed by atoms with Gasteiger partial charge in [0.15, 0.2) is 17.3 Å². The fraction of sp³-hybridized carbons (Fsp3) is 0.600. The summed E-state index contributed by atoms with van der Waals surface area (Å²) in [7, 11) is -16.9. The third-order valence-electron chi connectivity index (χ3n) is 3.88. The maximum absolute atomic E-state index is 12.0. The Hall–Kier alpha value is -1.23. The predicted molar refractivity (Wildman–Crippen MR) is 94.9 cm³/mol. The zero-order valence-electron chi connectivity index (χ0n) is 15.2. The van der Waals surface area contributed by atoms with Crippen LogP contribution in [0.25, 0.3) is 0 Å². The van der Waals surface area contributed by atoms with Gasteiger partial charge in [0.2, 0.25) is 0 Å². The van der Waals surface area contributed by atoms with Crippen LogP contribution in [0.3, 0.4) is 0 Å². The third kappa shape index (κ3) is 6.18. The Morgan fingerprint density at radius 3 is 2.32 bits per heavy atom. The lowest BCUT2D eigenvalue weighted by atomic mass is 10.0. The number of aromatic nitrogens is 2. The zero-order valence-corrected chi connectivity index (χ0v) is 17.9. The lowest BCUT2D eigenvalue weighted by Gasteiger charge is -2.29. The van der Waals surface area contributed by atoms with Crippen LogP contribution in [0.4, 0.5) is 5.82 Å². The molecule has 0 saturated carbocycles. The fourth-order valence-electron chi connectivity index (χ4n) is 2.54. The van der Waals surface area contributed by atoms with Crippen LogP contribution < -0.4 is 11.4 Å². The van der Waals surface area contributed by atoms with Crippen LogP contribution >= 0.6 is 23.5 Å². The van der Waals surface area contributed by atoms with Gasteiger partial charge in [-0.15, -0.1) is 0 Å². The van der Waals surface area contributed by atoms with E-state index in [0.717, 1.165) is 13.1 Å². The maximum atomic E-state index is 12.0. The van der Waals surface area contributed by atoms with Crippen molar-refractivity contribution in [3.63, 3.8) is 0 Å². The van der Waals surface area contributed by atoms with Crippen molar-refractivity contribution in [1.82, 2.24) is 9.55 Å². The first-order valence-corrected chi connectivity index (χ1v) is 12.3. The van der Waals surface area contributed by atoms with Gasteiger partial charge in [0.25, 0.3) is 0 Å². The Bertz CT molecular complexity index is 1040. The number of phosphoric ester groups is 1. The molecule has 1 aromatic heterocycles. The van der Waals surface area contributed by atoms with E-state index >= 15 is 0 Å². The van der Waals surface area contributed by atoms with Gasteiger partial charge in [-0.2, -0.15) is 13.6 Å². The number of aliphatic hydroxyl groups is 2. The second kappa shape index (κ2) is 8.61. The third-order valence-corrected chi connectivity index (χ3v) is 7.68. The Morgan fingerprint density at radius 2 is 1.77 bits per heavy atom. The van der Waals surface area contributed by atoms with Crippen molar-refractivity contribution >= 4 is 29.3 Å². The molecular formula is C10H18N3O15P3. The zero-order chi connectivity index (χ0) is 24.0. The van der Waals surface area contributed by atoms with Crippen LogP contribution in [-0.4, -0.2) is 69.4 Å². The first-order chi connectivity index (χ1) is 13.9. The molecule has 0 radical (unpaired) electrons. The summed E-state index contributed by atoms with van der Waals surface area (Å²) in [6.07, 6.45) is -4.66. The number of nitrogens with two attached hydrogens (primary N) is 1. The van der Waals surface area contributed by atoms with Gasteiger partial charge in [-0.3, -0.25) is 9.09 Å². The van der Waals surface area contributed by atoms with Crippen molar-refractivity contribution in [2.75, 3.05) is 12.3 Å². The summed E-state index contributed by atoms with van der Waals surface area (Å²) in [6.45, 7) is -0.00886. The normalized spacial score (nSPS) is 30.6. The fourth-order valence-corrected chi connectivity index (χ4v) is 5.57. The molecule has 2 heterocycles. The van der Waals surface area contributed by atoms with Gasteiger partial charge in [0.05, 0.1) is 12.8 Å². The predicted octanol–water partition coefficient (Wildman–Crippen LogP) is -2.33. The van der Waals surface area contributed by atoms with E-state index in [1.165, 1.54) is 0 Å². The summed E-state index contributed by atoms with van der Waals surface area (Å²) in [4.78, 5) is 50.8. The summed E-state index contributed by atoms with van der Waals surface area (Å²) in [5.74, 6) is -1.19. The Kier molecular flexibility index (Phi) is 7.23. The number of anilines is 1. The van der Waals surface area contributed by atoms with E-state index in [-0.39, 0.29) is 0 Å². The molecule has 1 aliphatic rings. The topological polar surface area (TPSA) is 291 Å². The largest absolute Gasteiger partial charge is 0.503 e. The summed E-state index contributed by atoms with van der Waals surface area (Å²) < 4.78 is 50.9. The minimum atomic E-state index is -5.76. The molecule has 1 fully saturated rings. The van der Waals surface area contributed by atoms with Crippen molar-refractivity contribution in [3.05, 3.63) is 16.7 Å². The quantitative estimate of drug-likeness (QED) is 0.169. The number of nitrogen functional groups attached to an aromatic ring is 1. The first kappa shape index (κ1) is 26.0. The minimum Gasteiger partial charge on any atom is -0.503 e. The summed E-state index contributed by atoms with van der Waals surface area (Å²) in [6, 6.07) is 0. The monoisotopic (exact) mass is 513 g/mol. The van der Waals surface area contributed by atoms with E-state index in [1.54, 1.807) is 0 Å². The molecule has 18 nitrogen and oxygen atoms in total. The smallest absolute Gasteiger partial charge is 0.490 e. The van der Waals surface area contributed by atoms with Gasteiger partial charge in [-0.05, 0) is 6.92 Å². The molecule has 1 aliphatic heterocycles. The Balaban J connectivity index is 2.16. The van der Waals surface area contributed by atoms with Gasteiger partial charge >= 0.3 is 29.2 Å². The van der Waals surface area contributed by atoms with Crippen LogP contribution in [0.2, 0.25) is 0 Å². The van der Waals surface area contributed by atoms with Crippen molar-refractivity contribution in [1.29, 1.82) is 0 Å². The molecule has 0 amide bonds. The highest BCUT2D eigenvalue weighted by molar-refractivity contribution is 7.66. The number of nitrogens with zero attached hydrogens (tertiary/aromatic N) is 2. The van der Waals surface area contributed by atoms with Crippen molar-refractivity contribution in [2.24, 2.45) is 0 Å². The molecule has 6 atom stereocenters. The van der Waals surface area contributed by atoms with Gasteiger partial charge in [-0.1, -0.05) is 0 Å². The average Bonchev–Trinajstić information content (AvgIpc) is 2.78. The van der Waals surface area contributed by atoms with Gasteiger partial charge < -0.3 is 45.4 Å². The molecule has 1 saturated heterocycles.